The molecule has 1 fully saturated rings. The molecule has 7 N–H and O–H groups in total. The van der Waals surface area contributed by atoms with Crippen LogP contribution in [0.4, 0.5) is 0 Å². The average Bonchev–Trinajstić information content (AvgIpc) is 2.66. The Morgan fingerprint density at radius 2 is 2.07 bits per heavy atom. The first-order valence-corrected chi connectivity index (χ1v) is 8.85. The van der Waals surface area contributed by atoms with Crippen molar-refractivity contribution in [2.75, 3.05) is 20.8 Å². The third-order valence-electron chi connectivity index (χ3n) is 4.60. The van der Waals surface area contributed by atoms with Gasteiger partial charge in [0.2, 0.25) is 5.79 Å². The SMILES string of the molecule is CN/N=C(\C)CC[C@H](O)N[C@@H]1C(O)CC(OC)(C(=O)[O-])O[C@@H]1[C@H](O)[C@H](O)CO. The fourth-order valence-electron chi connectivity index (χ4n) is 3.02. The van der Waals surface area contributed by atoms with Crippen molar-refractivity contribution in [1.29, 1.82) is 0 Å². The Morgan fingerprint density at radius 3 is 2.57 bits per heavy atom. The Morgan fingerprint density at radius 1 is 1.43 bits per heavy atom. The molecule has 0 aromatic rings. The number of nitrogens with zero attached hydrogens (tertiary/aromatic N) is 1. The van der Waals surface area contributed by atoms with Crippen LogP contribution in [0.25, 0.3) is 0 Å². The largest absolute Gasteiger partial charge is 0.544 e. The smallest absolute Gasteiger partial charge is 0.212 e. The topological polar surface area (TPSA) is 196 Å². The van der Waals surface area contributed by atoms with Crippen LogP contribution in [0.5, 0.6) is 0 Å². The third-order valence-corrected chi connectivity index (χ3v) is 4.60. The predicted molar refractivity (Wildman–Crippen MR) is 93.7 cm³/mol. The van der Waals surface area contributed by atoms with Gasteiger partial charge in [0.05, 0.1) is 18.8 Å². The molecule has 0 aliphatic carbocycles. The molecule has 0 aromatic heterocycles. The predicted octanol–water partition coefficient (Wildman–Crippen LogP) is -4.40. The van der Waals surface area contributed by atoms with Crippen molar-refractivity contribution < 1.29 is 44.9 Å². The van der Waals surface area contributed by atoms with Crippen molar-refractivity contribution in [3.8, 4) is 0 Å². The fraction of sp³-hybridized carbons (Fsp3) is 0.875. The normalized spacial score (nSPS) is 31.9. The number of carbonyl (C=O) groups is 1. The van der Waals surface area contributed by atoms with Crippen molar-refractivity contribution >= 4 is 11.7 Å². The summed E-state index contributed by atoms with van der Waals surface area (Å²) in [5.41, 5.74) is 3.33. The molecular weight excluding hydrogens is 378 g/mol. The molecule has 12 nitrogen and oxygen atoms in total. The lowest BCUT2D eigenvalue weighted by Crippen LogP contribution is -2.69. The molecule has 28 heavy (non-hydrogen) atoms. The molecule has 1 heterocycles. The summed E-state index contributed by atoms with van der Waals surface area (Å²) in [5.74, 6) is -4.14. The quantitative estimate of drug-likeness (QED) is 0.0990. The van der Waals surface area contributed by atoms with Gasteiger partial charge in [-0.25, -0.2) is 0 Å². The lowest BCUT2D eigenvalue weighted by molar-refractivity contribution is -0.378. The van der Waals surface area contributed by atoms with Crippen LogP contribution in [0.2, 0.25) is 0 Å². The van der Waals surface area contributed by atoms with Crippen LogP contribution in [-0.4, -0.2) is 100 Å². The van der Waals surface area contributed by atoms with E-state index < -0.39 is 61.5 Å². The number of ether oxygens (including phenoxy) is 2. The maximum atomic E-state index is 11.5. The number of aliphatic hydroxyl groups excluding tert-OH is 5. The molecule has 1 aliphatic heterocycles. The van der Waals surface area contributed by atoms with E-state index in [1.165, 1.54) is 0 Å². The number of carbonyl (C=O) groups excluding carboxylic acids is 1. The first-order chi connectivity index (χ1) is 13.1. The molecule has 0 amide bonds. The Balaban J connectivity index is 2.99. The lowest BCUT2D eigenvalue weighted by atomic mass is 9.88. The molecule has 0 radical (unpaired) electrons. The molecule has 1 saturated heterocycles. The zero-order valence-electron chi connectivity index (χ0n) is 16.1. The molecule has 0 aromatic carbocycles. The van der Waals surface area contributed by atoms with Gasteiger partial charge in [0.15, 0.2) is 0 Å². The summed E-state index contributed by atoms with van der Waals surface area (Å²) in [6, 6.07) is -1.17. The number of aliphatic carboxylic acids is 1. The molecule has 1 aliphatic rings. The molecule has 0 saturated carbocycles. The minimum atomic E-state index is -2.36. The molecule has 7 atom stereocenters. The molecule has 0 bridgehead atoms. The zero-order chi connectivity index (χ0) is 21.5. The van der Waals surface area contributed by atoms with Gasteiger partial charge in [-0.15, -0.1) is 0 Å². The van der Waals surface area contributed by atoms with Crippen LogP contribution < -0.4 is 15.8 Å². The van der Waals surface area contributed by atoms with Gasteiger partial charge in [-0.3, -0.25) is 5.32 Å². The van der Waals surface area contributed by atoms with Crippen LogP contribution in [-0.2, 0) is 14.3 Å². The Hall–Kier alpha value is -1.38. The number of carboxylic acids is 1. The number of methoxy groups -OCH3 is 1. The third kappa shape index (κ3) is 6.06. The summed E-state index contributed by atoms with van der Waals surface area (Å²) < 4.78 is 10.2. The highest BCUT2D eigenvalue weighted by atomic mass is 16.7. The summed E-state index contributed by atoms with van der Waals surface area (Å²) in [7, 11) is 2.66. The highest BCUT2D eigenvalue weighted by molar-refractivity contribution is 5.81. The number of hydrogen-bond acceptors (Lipinski definition) is 12. The molecule has 2 unspecified atom stereocenters. The van der Waals surface area contributed by atoms with Gasteiger partial charge in [0.1, 0.15) is 30.5 Å². The molecule has 1 rings (SSSR count). The zero-order valence-corrected chi connectivity index (χ0v) is 16.1. The summed E-state index contributed by atoms with van der Waals surface area (Å²) in [6.45, 7) is 0.913. The maximum absolute atomic E-state index is 11.5. The number of hydrogen-bond donors (Lipinski definition) is 7. The van der Waals surface area contributed by atoms with Crippen LogP contribution >= 0.6 is 0 Å². The minimum Gasteiger partial charge on any atom is -0.544 e. The first-order valence-electron chi connectivity index (χ1n) is 8.85. The highest BCUT2D eigenvalue weighted by Gasteiger charge is 2.51. The standard InChI is InChI=1S/C16H31N3O9/c1-8(19-17-2)4-5-11(23)18-12-9(21)6-16(27-3,15(25)26)28-14(12)13(24)10(22)7-20/h9-14,17-18,20-24H,4-7H2,1-3H3,(H,25,26)/p-1/b19-8+/t9?,10-,11+,12-,13-,14+,16?/m1/s1. The van der Waals surface area contributed by atoms with Crippen LogP contribution in [0, 0.1) is 0 Å². The van der Waals surface area contributed by atoms with Gasteiger partial charge in [0, 0.05) is 26.3 Å². The Bertz CT molecular complexity index is 535. The van der Waals surface area contributed by atoms with Gasteiger partial charge < -0.3 is 50.3 Å². The molecule has 12 heteroatoms. The highest BCUT2D eigenvalue weighted by Crippen LogP contribution is 2.32. The van der Waals surface area contributed by atoms with Crippen molar-refractivity contribution in [2.24, 2.45) is 5.10 Å². The average molecular weight is 408 g/mol. The van der Waals surface area contributed by atoms with E-state index in [1.807, 2.05) is 0 Å². The molecule has 0 spiro atoms. The second kappa shape index (κ2) is 11.0. The second-order valence-corrected chi connectivity index (χ2v) is 6.66. The number of rotatable bonds is 11. The van der Waals surface area contributed by atoms with E-state index in [9.17, 15) is 30.3 Å². The van der Waals surface area contributed by atoms with Crippen molar-refractivity contribution in [2.45, 2.75) is 68.7 Å². The fourth-order valence-corrected chi connectivity index (χ4v) is 3.02. The van der Waals surface area contributed by atoms with E-state index in [-0.39, 0.29) is 6.42 Å². The Labute approximate surface area is 162 Å². The van der Waals surface area contributed by atoms with E-state index in [0.29, 0.717) is 12.1 Å². The summed E-state index contributed by atoms with van der Waals surface area (Å²) in [5, 5.41) is 67.9. The van der Waals surface area contributed by atoms with Gasteiger partial charge in [-0.2, -0.15) is 5.10 Å². The van der Waals surface area contributed by atoms with Gasteiger partial charge >= 0.3 is 0 Å². The number of carboxylic acid groups (broad SMARTS) is 1. The van der Waals surface area contributed by atoms with E-state index in [2.05, 4.69) is 15.8 Å². The van der Waals surface area contributed by atoms with Crippen LogP contribution in [0.1, 0.15) is 26.2 Å². The van der Waals surface area contributed by atoms with Crippen LogP contribution in [0.15, 0.2) is 5.10 Å². The molecule has 164 valence electrons. The number of hydrazone groups is 1. The number of aliphatic hydroxyl groups is 5. The Kier molecular flexibility index (Phi) is 9.66. The van der Waals surface area contributed by atoms with E-state index in [1.54, 1.807) is 14.0 Å². The van der Waals surface area contributed by atoms with Crippen molar-refractivity contribution in [1.82, 2.24) is 10.7 Å². The summed E-state index contributed by atoms with van der Waals surface area (Å²) in [6.07, 6.45) is -7.56. The van der Waals surface area contributed by atoms with Crippen LogP contribution in [0.3, 0.4) is 0 Å². The number of nitrogens with one attached hydrogen (secondary N) is 2. The minimum absolute atomic E-state index is 0.196. The first kappa shape index (κ1) is 24.7. The van der Waals surface area contributed by atoms with E-state index in [4.69, 9.17) is 14.6 Å². The summed E-state index contributed by atoms with van der Waals surface area (Å²) in [4.78, 5) is 11.5. The van der Waals surface area contributed by atoms with E-state index in [0.717, 1.165) is 7.11 Å². The summed E-state index contributed by atoms with van der Waals surface area (Å²) >= 11 is 0. The van der Waals surface area contributed by atoms with Crippen molar-refractivity contribution in [3.63, 3.8) is 0 Å². The maximum Gasteiger partial charge on any atom is 0.212 e. The second-order valence-electron chi connectivity index (χ2n) is 6.66. The van der Waals surface area contributed by atoms with Gasteiger partial charge in [-0.05, 0) is 19.8 Å². The molecular formula is C16H30N3O9-. The lowest BCUT2D eigenvalue weighted by Gasteiger charge is -2.49. The van der Waals surface area contributed by atoms with Crippen molar-refractivity contribution in [3.05, 3.63) is 0 Å². The van der Waals surface area contributed by atoms with E-state index >= 15 is 0 Å². The van der Waals surface area contributed by atoms with Gasteiger partial charge in [0.25, 0.3) is 0 Å². The van der Waals surface area contributed by atoms with Gasteiger partial charge in [-0.1, -0.05) is 0 Å². The monoisotopic (exact) mass is 408 g/mol.